The van der Waals surface area contributed by atoms with E-state index in [2.05, 4.69) is 10.3 Å². The number of nitrogens with one attached hydrogen (secondary N) is 1. The number of ether oxygens (including phenoxy) is 1. The second-order valence-electron chi connectivity index (χ2n) is 5.63. The summed E-state index contributed by atoms with van der Waals surface area (Å²) in [6.45, 7) is 2.52. The van der Waals surface area contributed by atoms with Crippen LogP contribution in [0.2, 0.25) is 0 Å². The third kappa shape index (κ3) is 3.96. The molecule has 1 aromatic heterocycles. The lowest BCUT2D eigenvalue weighted by atomic mass is 10.1. The van der Waals surface area contributed by atoms with Crippen LogP contribution in [0, 0.1) is 0 Å². The summed E-state index contributed by atoms with van der Waals surface area (Å²) in [6.07, 6.45) is 0.952. The summed E-state index contributed by atoms with van der Waals surface area (Å²) in [7, 11) is 0. The first-order valence-corrected chi connectivity index (χ1v) is 8.05. The lowest BCUT2D eigenvalue weighted by Gasteiger charge is -2.13. The van der Waals surface area contributed by atoms with Gasteiger partial charge in [-0.3, -0.25) is 4.98 Å². The Hall–Kier alpha value is -3.02. The highest BCUT2D eigenvalue weighted by Crippen LogP contribution is 2.34. The second-order valence-corrected chi connectivity index (χ2v) is 5.63. The number of pyridine rings is 1. The highest BCUT2D eigenvalue weighted by atomic mass is 19.4. The third-order valence-corrected chi connectivity index (χ3v) is 3.79. The van der Waals surface area contributed by atoms with Crippen LogP contribution < -0.4 is 10.1 Å². The van der Waals surface area contributed by atoms with Crippen molar-refractivity contribution < 1.29 is 17.9 Å². The summed E-state index contributed by atoms with van der Waals surface area (Å²) in [5.74, 6) is 0.529. The van der Waals surface area contributed by atoms with E-state index in [4.69, 9.17) is 4.74 Å². The van der Waals surface area contributed by atoms with Crippen molar-refractivity contribution in [3.05, 3.63) is 78.1 Å². The molecule has 1 N–H and O–H groups in total. The number of rotatable bonds is 5. The molecule has 0 unspecified atom stereocenters. The second kappa shape index (κ2) is 7.47. The molecule has 2 aromatic carbocycles. The molecule has 0 aliphatic heterocycles. The summed E-state index contributed by atoms with van der Waals surface area (Å²) in [5.41, 5.74) is 0.867. The molecule has 0 radical (unpaired) electrons. The van der Waals surface area contributed by atoms with Crippen LogP contribution in [0.25, 0.3) is 10.9 Å². The number of hydrogen-bond acceptors (Lipinski definition) is 3. The molecule has 3 rings (SSSR count). The fourth-order valence-corrected chi connectivity index (χ4v) is 2.59. The molecule has 1 heterocycles. The maximum absolute atomic E-state index is 12.9. The van der Waals surface area contributed by atoms with Crippen molar-refractivity contribution in [3.8, 4) is 11.5 Å². The lowest BCUT2D eigenvalue weighted by molar-refractivity contribution is -0.137. The maximum atomic E-state index is 12.9. The van der Waals surface area contributed by atoms with Crippen molar-refractivity contribution in [1.29, 1.82) is 0 Å². The summed E-state index contributed by atoms with van der Waals surface area (Å²) in [5, 5.41) is 4.05. The van der Waals surface area contributed by atoms with E-state index in [0.717, 1.165) is 23.1 Å². The van der Waals surface area contributed by atoms with Crippen molar-refractivity contribution in [1.82, 2.24) is 10.3 Å². The molecule has 0 aliphatic carbocycles. The van der Waals surface area contributed by atoms with Gasteiger partial charge in [0.1, 0.15) is 11.3 Å². The number of alkyl halides is 3. The SMILES string of the molecule is CC=CNCc1ccc(Oc2cccc(C(F)(F)F)c2)c2ncccc12. The molecule has 3 aromatic rings. The minimum Gasteiger partial charge on any atom is -0.455 e. The number of nitrogens with zero attached hydrogens (tertiary/aromatic N) is 1. The van der Waals surface area contributed by atoms with Gasteiger partial charge in [0.25, 0.3) is 0 Å². The number of benzene rings is 2. The fourth-order valence-electron chi connectivity index (χ4n) is 2.59. The number of halogens is 3. The standard InChI is InChI=1S/C20H17F3N2O/c1-2-10-24-13-14-8-9-18(19-17(14)7-4-11-25-19)26-16-6-3-5-15(12-16)20(21,22)23/h2-12,24H,13H2,1H3. The molecule has 0 saturated carbocycles. The molecular formula is C20H17F3N2O. The zero-order valence-electron chi connectivity index (χ0n) is 14.0. The van der Waals surface area contributed by atoms with Crippen LogP contribution >= 0.6 is 0 Å². The van der Waals surface area contributed by atoms with Gasteiger partial charge in [0.15, 0.2) is 5.75 Å². The Morgan fingerprint density at radius 1 is 1.12 bits per heavy atom. The minimum absolute atomic E-state index is 0.117. The molecule has 6 heteroatoms. The monoisotopic (exact) mass is 358 g/mol. The van der Waals surface area contributed by atoms with Crippen molar-refractivity contribution in [2.24, 2.45) is 0 Å². The third-order valence-electron chi connectivity index (χ3n) is 3.79. The van der Waals surface area contributed by atoms with Crippen LogP contribution in [0.5, 0.6) is 11.5 Å². The minimum atomic E-state index is -4.41. The van der Waals surface area contributed by atoms with Gasteiger partial charge < -0.3 is 10.1 Å². The molecule has 0 amide bonds. The van der Waals surface area contributed by atoms with E-state index in [1.165, 1.54) is 12.1 Å². The molecular weight excluding hydrogens is 341 g/mol. The number of fused-ring (bicyclic) bond motifs is 1. The van der Waals surface area contributed by atoms with Crippen LogP contribution in [0.1, 0.15) is 18.1 Å². The van der Waals surface area contributed by atoms with Gasteiger partial charge >= 0.3 is 6.18 Å². The van der Waals surface area contributed by atoms with Gasteiger partial charge in [-0.15, -0.1) is 0 Å². The normalized spacial score (nSPS) is 11.8. The van der Waals surface area contributed by atoms with E-state index in [1.807, 2.05) is 37.4 Å². The molecule has 0 atom stereocenters. The molecule has 0 bridgehead atoms. The number of aromatic nitrogens is 1. The van der Waals surface area contributed by atoms with E-state index in [9.17, 15) is 13.2 Å². The van der Waals surface area contributed by atoms with E-state index in [1.54, 1.807) is 12.3 Å². The van der Waals surface area contributed by atoms with Crippen molar-refractivity contribution >= 4 is 10.9 Å². The first-order chi connectivity index (χ1) is 12.5. The molecule has 0 fully saturated rings. The Kier molecular flexibility index (Phi) is 5.11. The van der Waals surface area contributed by atoms with Crippen molar-refractivity contribution in [3.63, 3.8) is 0 Å². The Balaban J connectivity index is 1.95. The fraction of sp³-hybridized carbons (Fsp3) is 0.150. The zero-order chi connectivity index (χ0) is 18.6. The zero-order valence-corrected chi connectivity index (χ0v) is 14.0. The van der Waals surface area contributed by atoms with Gasteiger partial charge in [-0.2, -0.15) is 13.2 Å². The molecule has 0 spiro atoms. The largest absolute Gasteiger partial charge is 0.455 e. The molecule has 26 heavy (non-hydrogen) atoms. The van der Waals surface area contributed by atoms with Crippen molar-refractivity contribution in [2.75, 3.05) is 0 Å². The predicted octanol–water partition coefficient (Wildman–Crippen LogP) is 5.67. The highest BCUT2D eigenvalue weighted by molar-refractivity contribution is 5.87. The molecule has 134 valence electrons. The average Bonchev–Trinajstić information content (AvgIpc) is 2.63. The summed E-state index contributed by atoms with van der Waals surface area (Å²) >= 11 is 0. The lowest BCUT2D eigenvalue weighted by Crippen LogP contribution is -2.05. The van der Waals surface area contributed by atoms with Gasteiger partial charge in [0, 0.05) is 18.1 Å². The number of allylic oxidation sites excluding steroid dienone is 1. The topological polar surface area (TPSA) is 34.1 Å². The number of hydrogen-bond donors (Lipinski definition) is 1. The average molecular weight is 358 g/mol. The van der Waals surface area contributed by atoms with E-state index < -0.39 is 11.7 Å². The van der Waals surface area contributed by atoms with Gasteiger partial charge in [-0.25, -0.2) is 0 Å². The molecule has 3 nitrogen and oxygen atoms in total. The van der Waals surface area contributed by atoms with Crippen LogP contribution in [0.4, 0.5) is 13.2 Å². The van der Waals surface area contributed by atoms with Gasteiger partial charge in [0.2, 0.25) is 0 Å². The van der Waals surface area contributed by atoms with Crippen LogP contribution in [-0.2, 0) is 12.7 Å². The first kappa shape index (κ1) is 17.8. The van der Waals surface area contributed by atoms with Crippen LogP contribution in [0.15, 0.2) is 67.0 Å². The van der Waals surface area contributed by atoms with E-state index >= 15 is 0 Å². The smallest absolute Gasteiger partial charge is 0.416 e. The predicted molar refractivity (Wildman–Crippen MR) is 94.9 cm³/mol. The highest BCUT2D eigenvalue weighted by Gasteiger charge is 2.30. The maximum Gasteiger partial charge on any atom is 0.416 e. The first-order valence-electron chi connectivity index (χ1n) is 8.05. The summed E-state index contributed by atoms with van der Waals surface area (Å²) in [6, 6.07) is 12.1. The van der Waals surface area contributed by atoms with Crippen LogP contribution in [-0.4, -0.2) is 4.98 Å². The summed E-state index contributed by atoms with van der Waals surface area (Å²) in [4.78, 5) is 4.34. The van der Waals surface area contributed by atoms with Crippen molar-refractivity contribution in [2.45, 2.75) is 19.6 Å². The van der Waals surface area contributed by atoms with Gasteiger partial charge in [-0.05, 0) is 49.0 Å². The Morgan fingerprint density at radius 2 is 1.96 bits per heavy atom. The van der Waals surface area contributed by atoms with Crippen LogP contribution in [0.3, 0.4) is 0 Å². The molecule has 0 aliphatic rings. The Morgan fingerprint density at radius 3 is 2.73 bits per heavy atom. The van der Waals surface area contributed by atoms with Gasteiger partial charge in [-0.1, -0.05) is 24.3 Å². The summed E-state index contributed by atoms with van der Waals surface area (Å²) < 4.78 is 44.4. The quantitative estimate of drug-likeness (QED) is 0.638. The van der Waals surface area contributed by atoms with E-state index in [-0.39, 0.29) is 5.75 Å². The van der Waals surface area contributed by atoms with Gasteiger partial charge in [0.05, 0.1) is 5.56 Å². The van der Waals surface area contributed by atoms with E-state index in [0.29, 0.717) is 17.8 Å². The Bertz CT molecular complexity index is 936. The Labute approximate surface area is 149 Å². The molecule has 0 saturated heterocycles.